The lowest BCUT2D eigenvalue weighted by atomic mass is 10.1. The summed E-state index contributed by atoms with van der Waals surface area (Å²) >= 11 is 0. The molecular weight excluding hydrogens is 356 g/mol. The predicted octanol–water partition coefficient (Wildman–Crippen LogP) is 3.39. The van der Waals surface area contributed by atoms with Gasteiger partial charge >= 0.3 is 0 Å². The van der Waals surface area contributed by atoms with Gasteiger partial charge in [0.05, 0.1) is 5.39 Å². The van der Waals surface area contributed by atoms with Crippen molar-refractivity contribution in [3.8, 4) is 5.75 Å². The first kappa shape index (κ1) is 17.8. The maximum Gasteiger partial charge on any atom is 0.230 e. The molecule has 0 saturated heterocycles. The first-order valence-corrected chi connectivity index (χ1v) is 9.02. The van der Waals surface area contributed by atoms with Crippen molar-refractivity contribution in [3.05, 3.63) is 41.7 Å². The summed E-state index contributed by atoms with van der Waals surface area (Å²) in [6.45, 7) is 6.53. The highest BCUT2D eigenvalue weighted by Crippen LogP contribution is 2.32. The lowest BCUT2D eigenvalue weighted by Crippen LogP contribution is -2.02. The molecule has 1 aromatic carbocycles. The number of phenolic OH excluding ortho intramolecular Hbond substituents is 1. The van der Waals surface area contributed by atoms with Crippen molar-refractivity contribution in [1.82, 2.24) is 29.5 Å². The van der Waals surface area contributed by atoms with Gasteiger partial charge in [-0.05, 0) is 32.4 Å². The number of rotatable bonds is 5. The van der Waals surface area contributed by atoms with Crippen molar-refractivity contribution in [2.45, 2.75) is 27.3 Å². The van der Waals surface area contributed by atoms with Crippen LogP contribution in [0.4, 0.5) is 23.3 Å². The Bertz CT molecular complexity index is 1160. The second-order valence-corrected chi connectivity index (χ2v) is 6.62. The largest absolute Gasteiger partial charge is 0.508 e. The summed E-state index contributed by atoms with van der Waals surface area (Å²) in [6.07, 6.45) is 3.59. The highest BCUT2D eigenvalue weighted by Gasteiger charge is 2.16. The number of aromatic nitrogens is 6. The van der Waals surface area contributed by atoms with Crippen molar-refractivity contribution in [2.24, 2.45) is 7.05 Å². The zero-order valence-corrected chi connectivity index (χ0v) is 16.2. The minimum Gasteiger partial charge on any atom is -0.508 e. The third-order valence-electron chi connectivity index (χ3n) is 4.63. The lowest BCUT2D eigenvalue weighted by molar-refractivity contribution is 0.471. The molecule has 0 radical (unpaired) electrons. The Kier molecular flexibility index (Phi) is 4.34. The van der Waals surface area contributed by atoms with E-state index >= 15 is 0 Å². The molecular formula is C19H22N8O. The van der Waals surface area contributed by atoms with Gasteiger partial charge in [-0.1, -0.05) is 6.07 Å². The molecule has 0 fully saturated rings. The van der Waals surface area contributed by atoms with Gasteiger partial charge in [-0.15, -0.1) is 0 Å². The van der Waals surface area contributed by atoms with Gasteiger partial charge in [0.15, 0.2) is 17.3 Å². The summed E-state index contributed by atoms with van der Waals surface area (Å²) in [4.78, 5) is 9.02. The van der Waals surface area contributed by atoms with E-state index in [2.05, 4.69) is 30.8 Å². The fraction of sp³-hybridized carbons (Fsp3) is 0.263. The van der Waals surface area contributed by atoms with E-state index in [1.165, 1.54) is 0 Å². The van der Waals surface area contributed by atoms with E-state index in [0.29, 0.717) is 29.8 Å². The van der Waals surface area contributed by atoms with Crippen LogP contribution < -0.4 is 10.6 Å². The van der Waals surface area contributed by atoms with E-state index in [1.807, 2.05) is 50.8 Å². The molecule has 0 atom stereocenters. The van der Waals surface area contributed by atoms with Crippen LogP contribution in [0.15, 0.2) is 30.6 Å². The molecule has 0 unspecified atom stereocenters. The first-order valence-electron chi connectivity index (χ1n) is 9.02. The van der Waals surface area contributed by atoms with Crippen LogP contribution in [0.25, 0.3) is 11.0 Å². The number of phenols is 1. The van der Waals surface area contributed by atoms with E-state index in [9.17, 15) is 5.11 Å². The van der Waals surface area contributed by atoms with Crippen LogP contribution in [0.3, 0.4) is 0 Å². The van der Waals surface area contributed by atoms with Crippen LogP contribution in [0.1, 0.15) is 18.1 Å². The SMILES string of the molecule is CCn1nc(Nc2c(C)ccc(O)c2C)c2cnc(Nc3ccn(C)n3)nc21. The zero-order valence-electron chi connectivity index (χ0n) is 16.2. The summed E-state index contributed by atoms with van der Waals surface area (Å²) in [6, 6.07) is 5.41. The van der Waals surface area contributed by atoms with Gasteiger partial charge in [0.1, 0.15) is 5.75 Å². The van der Waals surface area contributed by atoms with Crippen LogP contribution in [0.5, 0.6) is 5.75 Å². The number of hydrogen-bond donors (Lipinski definition) is 3. The molecule has 0 saturated carbocycles. The number of benzene rings is 1. The average molecular weight is 378 g/mol. The van der Waals surface area contributed by atoms with Gasteiger partial charge in [0, 0.05) is 43.3 Å². The molecule has 3 N–H and O–H groups in total. The van der Waals surface area contributed by atoms with Gasteiger partial charge in [0.25, 0.3) is 0 Å². The van der Waals surface area contributed by atoms with Gasteiger partial charge < -0.3 is 15.7 Å². The summed E-state index contributed by atoms with van der Waals surface area (Å²) in [7, 11) is 1.85. The van der Waals surface area contributed by atoms with E-state index in [0.717, 1.165) is 22.2 Å². The first-order chi connectivity index (χ1) is 13.5. The molecule has 0 aliphatic rings. The average Bonchev–Trinajstić information content (AvgIpc) is 3.25. The van der Waals surface area contributed by atoms with E-state index < -0.39 is 0 Å². The van der Waals surface area contributed by atoms with Crippen molar-refractivity contribution in [1.29, 1.82) is 0 Å². The Morgan fingerprint density at radius 3 is 2.64 bits per heavy atom. The van der Waals surface area contributed by atoms with E-state index in [1.54, 1.807) is 16.9 Å². The van der Waals surface area contributed by atoms with Crippen molar-refractivity contribution < 1.29 is 5.11 Å². The molecule has 0 aliphatic heterocycles. The molecule has 9 nitrogen and oxygen atoms in total. The van der Waals surface area contributed by atoms with Gasteiger partial charge in [-0.3, -0.25) is 4.68 Å². The minimum atomic E-state index is 0.241. The second-order valence-electron chi connectivity index (χ2n) is 6.62. The predicted molar refractivity (Wildman–Crippen MR) is 108 cm³/mol. The number of fused-ring (bicyclic) bond motifs is 1. The second kappa shape index (κ2) is 6.84. The Morgan fingerprint density at radius 2 is 1.93 bits per heavy atom. The van der Waals surface area contributed by atoms with Crippen molar-refractivity contribution in [2.75, 3.05) is 10.6 Å². The van der Waals surface area contributed by atoms with Crippen molar-refractivity contribution in [3.63, 3.8) is 0 Å². The fourth-order valence-electron chi connectivity index (χ4n) is 3.07. The van der Waals surface area contributed by atoms with Crippen molar-refractivity contribution >= 4 is 34.3 Å². The Hall–Kier alpha value is -3.62. The van der Waals surface area contributed by atoms with Crippen LogP contribution >= 0.6 is 0 Å². The number of anilines is 4. The molecule has 4 rings (SSSR count). The number of aryl methyl sites for hydroxylation is 3. The third-order valence-corrected chi connectivity index (χ3v) is 4.63. The minimum absolute atomic E-state index is 0.241. The monoisotopic (exact) mass is 378 g/mol. The molecule has 9 heteroatoms. The normalized spacial score (nSPS) is 11.1. The Balaban J connectivity index is 1.73. The molecule has 3 aromatic heterocycles. The Labute approximate surface area is 162 Å². The van der Waals surface area contributed by atoms with Crippen LogP contribution in [0, 0.1) is 13.8 Å². The van der Waals surface area contributed by atoms with Gasteiger partial charge in [0.2, 0.25) is 5.95 Å². The summed E-state index contributed by atoms with van der Waals surface area (Å²) in [5, 5.41) is 26.2. The quantitative estimate of drug-likeness (QED) is 0.489. The highest BCUT2D eigenvalue weighted by atomic mass is 16.3. The topological polar surface area (TPSA) is 106 Å². The third kappa shape index (κ3) is 3.11. The molecule has 0 aliphatic carbocycles. The van der Waals surface area contributed by atoms with Crippen LogP contribution in [-0.4, -0.2) is 34.6 Å². The maximum atomic E-state index is 10.0. The lowest BCUT2D eigenvalue weighted by Gasteiger charge is -2.12. The smallest absolute Gasteiger partial charge is 0.230 e. The number of aromatic hydroxyl groups is 1. The maximum absolute atomic E-state index is 10.0. The molecule has 4 aromatic rings. The fourth-order valence-corrected chi connectivity index (χ4v) is 3.07. The number of nitrogens with zero attached hydrogens (tertiary/aromatic N) is 6. The zero-order chi connectivity index (χ0) is 19.8. The van der Waals surface area contributed by atoms with Crippen LogP contribution in [0.2, 0.25) is 0 Å². The van der Waals surface area contributed by atoms with Gasteiger partial charge in [-0.2, -0.15) is 15.2 Å². The Morgan fingerprint density at radius 1 is 1.11 bits per heavy atom. The molecule has 144 valence electrons. The van der Waals surface area contributed by atoms with Gasteiger partial charge in [-0.25, -0.2) is 9.67 Å². The molecule has 0 bridgehead atoms. The highest BCUT2D eigenvalue weighted by molar-refractivity contribution is 5.90. The molecule has 3 heterocycles. The molecule has 0 spiro atoms. The van der Waals surface area contributed by atoms with E-state index in [4.69, 9.17) is 0 Å². The molecule has 0 amide bonds. The summed E-state index contributed by atoms with van der Waals surface area (Å²) in [5.74, 6) is 2.02. The van der Waals surface area contributed by atoms with E-state index in [-0.39, 0.29) is 5.75 Å². The number of hydrogen-bond acceptors (Lipinski definition) is 7. The van der Waals surface area contributed by atoms with Crippen LogP contribution in [-0.2, 0) is 13.6 Å². The standard InChI is InChI=1S/C19H22N8O/c1-5-27-18-13(10-20-19(23-18)21-15-8-9-26(4)24-15)17(25-27)22-16-11(2)6-7-14(28)12(16)3/h6-10,28H,5H2,1-4H3,(H,22,25)(H,20,21,23,24). The summed E-state index contributed by atoms with van der Waals surface area (Å²) in [5.41, 5.74) is 3.34. The number of nitrogens with one attached hydrogen (secondary N) is 2. The summed E-state index contributed by atoms with van der Waals surface area (Å²) < 4.78 is 3.52. The molecule has 28 heavy (non-hydrogen) atoms.